The minimum Gasteiger partial charge on any atom is -0.356 e. The predicted octanol–water partition coefficient (Wildman–Crippen LogP) is 3.05. The number of rotatable bonds is 6. The van der Waals surface area contributed by atoms with Crippen LogP contribution < -0.4 is 10.9 Å². The van der Waals surface area contributed by atoms with Crippen molar-refractivity contribution in [3.63, 3.8) is 0 Å². The first-order valence-electron chi connectivity index (χ1n) is 8.19. The zero-order valence-corrected chi connectivity index (χ0v) is 15.5. The smallest absolute Gasteiger partial charge is 0.261 e. The van der Waals surface area contributed by atoms with Crippen molar-refractivity contribution in [1.82, 2.24) is 14.9 Å². The average molecular weight is 418 g/mol. The van der Waals surface area contributed by atoms with Gasteiger partial charge in [0.1, 0.15) is 5.82 Å². The Morgan fingerprint density at radius 2 is 2.08 bits per heavy atom. The Bertz CT molecular complexity index is 1000. The van der Waals surface area contributed by atoms with Crippen LogP contribution in [0.4, 0.5) is 4.39 Å². The molecule has 0 spiro atoms. The highest BCUT2D eigenvalue weighted by Crippen LogP contribution is 2.14. The fraction of sp³-hybridized carbons (Fsp3) is 0.211. The third-order valence-corrected chi connectivity index (χ3v) is 4.48. The lowest BCUT2D eigenvalue weighted by Gasteiger charge is -2.08. The summed E-state index contributed by atoms with van der Waals surface area (Å²) in [4.78, 5) is 28.7. The van der Waals surface area contributed by atoms with Crippen LogP contribution in [0.5, 0.6) is 0 Å². The largest absolute Gasteiger partial charge is 0.356 e. The average Bonchev–Trinajstić information content (AvgIpc) is 2.62. The Hall–Kier alpha value is -2.54. The summed E-state index contributed by atoms with van der Waals surface area (Å²) >= 11 is 3.34. The lowest BCUT2D eigenvalue weighted by Crippen LogP contribution is -2.29. The first-order valence-corrected chi connectivity index (χ1v) is 8.98. The minimum atomic E-state index is -0.288. The van der Waals surface area contributed by atoms with Crippen LogP contribution in [0, 0.1) is 5.82 Å². The third kappa shape index (κ3) is 4.54. The molecule has 0 unspecified atom stereocenters. The molecule has 1 amide bonds. The van der Waals surface area contributed by atoms with Gasteiger partial charge in [-0.05, 0) is 42.3 Å². The van der Waals surface area contributed by atoms with Gasteiger partial charge in [0.15, 0.2) is 0 Å². The monoisotopic (exact) mass is 417 g/mol. The Kier molecular flexibility index (Phi) is 5.78. The van der Waals surface area contributed by atoms with E-state index in [1.165, 1.54) is 23.0 Å². The number of aryl methyl sites for hydroxylation is 1. The maximum Gasteiger partial charge on any atom is 0.261 e. The maximum atomic E-state index is 13.1. The quantitative estimate of drug-likeness (QED) is 0.670. The van der Waals surface area contributed by atoms with Crippen molar-refractivity contribution in [2.24, 2.45) is 0 Å². The molecule has 0 radical (unpaired) electrons. The second-order valence-corrected chi connectivity index (χ2v) is 6.80. The maximum absolute atomic E-state index is 13.1. The second kappa shape index (κ2) is 8.23. The van der Waals surface area contributed by atoms with Crippen molar-refractivity contribution in [2.45, 2.75) is 19.4 Å². The first kappa shape index (κ1) is 18.3. The van der Waals surface area contributed by atoms with Gasteiger partial charge in [0, 0.05) is 24.0 Å². The molecule has 0 aliphatic heterocycles. The van der Waals surface area contributed by atoms with Gasteiger partial charge in [-0.3, -0.25) is 14.2 Å². The van der Waals surface area contributed by atoms with E-state index in [9.17, 15) is 14.0 Å². The van der Waals surface area contributed by atoms with E-state index in [1.807, 2.05) is 12.1 Å². The van der Waals surface area contributed by atoms with Crippen LogP contribution in [0.3, 0.4) is 0 Å². The molecule has 0 bridgehead atoms. The van der Waals surface area contributed by atoms with Crippen LogP contribution in [0.1, 0.15) is 12.0 Å². The molecule has 1 aromatic heterocycles. The number of carbonyl (C=O) groups excluding carboxylic acids is 1. The van der Waals surface area contributed by atoms with E-state index < -0.39 is 0 Å². The molecule has 0 fully saturated rings. The molecule has 134 valence electrons. The van der Waals surface area contributed by atoms with Crippen molar-refractivity contribution in [1.29, 1.82) is 0 Å². The zero-order valence-electron chi connectivity index (χ0n) is 13.9. The summed E-state index contributed by atoms with van der Waals surface area (Å²) in [6, 6.07) is 11.6. The van der Waals surface area contributed by atoms with E-state index in [0.717, 1.165) is 10.0 Å². The van der Waals surface area contributed by atoms with Gasteiger partial charge in [-0.25, -0.2) is 9.37 Å². The van der Waals surface area contributed by atoms with Crippen molar-refractivity contribution >= 4 is 32.7 Å². The van der Waals surface area contributed by atoms with Crippen molar-refractivity contribution in [2.75, 3.05) is 6.54 Å². The molecule has 7 heteroatoms. The molecule has 0 aliphatic carbocycles. The first-order chi connectivity index (χ1) is 12.5. The summed E-state index contributed by atoms with van der Waals surface area (Å²) in [6.45, 7) is 0.667. The Morgan fingerprint density at radius 3 is 2.88 bits per heavy atom. The van der Waals surface area contributed by atoms with Crippen molar-refractivity contribution in [3.05, 3.63) is 75.0 Å². The molecule has 0 atom stereocenters. The summed E-state index contributed by atoms with van der Waals surface area (Å²) in [6.07, 6.45) is 2.18. The number of benzene rings is 2. The van der Waals surface area contributed by atoms with Gasteiger partial charge >= 0.3 is 0 Å². The molecule has 0 saturated carbocycles. The minimum absolute atomic E-state index is 0.164. The number of halogens is 2. The van der Waals surface area contributed by atoms with E-state index in [0.29, 0.717) is 23.9 Å². The van der Waals surface area contributed by atoms with Crippen LogP contribution >= 0.6 is 15.9 Å². The Morgan fingerprint density at radius 1 is 1.23 bits per heavy atom. The summed E-state index contributed by atoms with van der Waals surface area (Å²) in [5, 5.41) is 3.29. The summed E-state index contributed by atoms with van der Waals surface area (Å²) < 4.78 is 15.3. The van der Waals surface area contributed by atoms with E-state index >= 15 is 0 Å². The van der Waals surface area contributed by atoms with Crippen LogP contribution in [0.2, 0.25) is 0 Å². The Labute approximate surface area is 158 Å². The summed E-state index contributed by atoms with van der Waals surface area (Å²) in [5.41, 5.74) is 1.27. The lowest BCUT2D eigenvalue weighted by atomic mass is 10.1. The molecule has 0 aliphatic rings. The van der Waals surface area contributed by atoms with E-state index in [1.54, 1.807) is 18.2 Å². The molecular weight excluding hydrogens is 401 g/mol. The molecular formula is C19H17BrFN3O2. The topological polar surface area (TPSA) is 64.0 Å². The van der Waals surface area contributed by atoms with E-state index in [2.05, 4.69) is 26.2 Å². The van der Waals surface area contributed by atoms with Crippen LogP contribution in [0.15, 0.2) is 58.1 Å². The lowest BCUT2D eigenvalue weighted by molar-refractivity contribution is -0.121. The Balaban J connectivity index is 1.55. The number of aromatic nitrogens is 2. The van der Waals surface area contributed by atoms with Gasteiger partial charge in [0.2, 0.25) is 5.91 Å². The van der Waals surface area contributed by atoms with E-state index in [-0.39, 0.29) is 30.2 Å². The number of fused-ring (bicyclic) bond motifs is 1. The fourth-order valence-electron chi connectivity index (χ4n) is 2.64. The van der Waals surface area contributed by atoms with E-state index in [4.69, 9.17) is 0 Å². The van der Waals surface area contributed by atoms with Crippen LogP contribution in [0.25, 0.3) is 10.9 Å². The number of carbonyl (C=O) groups is 1. The molecule has 3 rings (SSSR count). The second-order valence-electron chi connectivity index (χ2n) is 5.88. The normalized spacial score (nSPS) is 10.8. The van der Waals surface area contributed by atoms with Gasteiger partial charge in [-0.15, -0.1) is 0 Å². The highest BCUT2D eigenvalue weighted by atomic mass is 79.9. The molecule has 26 heavy (non-hydrogen) atoms. The number of nitrogens with one attached hydrogen (secondary N) is 1. The number of nitrogens with zero attached hydrogens (tertiary/aromatic N) is 2. The molecule has 1 N–H and O–H groups in total. The molecule has 1 heterocycles. The van der Waals surface area contributed by atoms with Gasteiger partial charge in [-0.2, -0.15) is 0 Å². The van der Waals surface area contributed by atoms with Crippen LogP contribution in [-0.2, 0) is 17.8 Å². The molecule has 2 aromatic carbocycles. The predicted molar refractivity (Wildman–Crippen MR) is 101 cm³/mol. The summed E-state index contributed by atoms with van der Waals surface area (Å²) in [5.74, 6) is -0.453. The van der Waals surface area contributed by atoms with Crippen molar-refractivity contribution in [3.8, 4) is 0 Å². The fourth-order valence-corrected chi connectivity index (χ4v) is 3.00. The van der Waals surface area contributed by atoms with Gasteiger partial charge in [0.25, 0.3) is 5.56 Å². The van der Waals surface area contributed by atoms with Gasteiger partial charge < -0.3 is 5.32 Å². The van der Waals surface area contributed by atoms with Crippen LogP contribution in [-0.4, -0.2) is 22.0 Å². The number of hydrogen-bond donors (Lipinski definition) is 1. The van der Waals surface area contributed by atoms with Gasteiger partial charge in [-0.1, -0.05) is 28.1 Å². The highest BCUT2D eigenvalue weighted by molar-refractivity contribution is 9.10. The standard InChI is InChI=1S/C19H17BrFN3O2/c20-14-4-5-17-16(11-14)19(26)24(12-23-17)9-7-18(25)22-8-6-13-2-1-3-15(21)10-13/h1-5,10-12H,6-9H2,(H,22,25). The molecule has 5 nitrogen and oxygen atoms in total. The number of amides is 1. The SMILES string of the molecule is O=C(CCn1cnc2ccc(Br)cc2c1=O)NCCc1cccc(F)c1. The highest BCUT2D eigenvalue weighted by Gasteiger charge is 2.07. The zero-order chi connectivity index (χ0) is 18.5. The third-order valence-electron chi connectivity index (χ3n) is 3.99. The molecule has 3 aromatic rings. The molecule has 0 saturated heterocycles. The number of hydrogen-bond acceptors (Lipinski definition) is 3. The van der Waals surface area contributed by atoms with Gasteiger partial charge in [0.05, 0.1) is 17.2 Å². The summed E-state index contributed by atoms with van der Waals surface area (Å²) in [7, 11) is 0. The van der Waals surface area contributed by atoms with Crippen molar-refractivity contribution < 1.29 is 9.18 Å².